The minimum absolute atomic E-state index is 0.208. The Morgan fingerprint density at radius 2 is 2.26 bits per heavy atom. The molecule has 1 aromatic heterocycles. The summed E-state index contributed by atoms with van der Waals surface area (Å²) in [7, 11) is 0. The predicted octanol–water partition coefficient (Wildman–Crippen LogP) is 2.23. The molecule has 2 aromatic rings. The molecule has 1 aromatic carbocycles. The van der Waals surface area contributed by atoms with Gasteiger partial charge in [-0.05, 0) is 31.4 Å². The Morgan fingerprint density at radius 1 is 1.37 bits per heavy atom. The molecular formula is C14H15N3O2. The Labute approximate surface area is 110 Å². The minimum atomic E-state index is -0.208. The highest BCUT2D eigenvalue weighted by Crippen LogP contribution is 2.34. The Kier molecular flexibility index (Phi) is 2.95. The van der Waals surface area contributed by atoms with Gasteiger partial charge < -0.3 is 15.0 Å². The first kappa shape index (κ1) is 11.8. The van der Waals surface area contributed by atoms with Crippen LogP contribution in [-0.4, -0.2) is 16.5 Å². The number of anilines is 1. The lowest BCUT2D eigenvalue weighted by Crippen LogP contribution is -2.13. The molecule has 5 nitrogen and oxygen atoms in total. The van der Waals surface area contributed by atoms with E-state index in [2.05, 4.69) is 21.4 Å². The van der Waals surface area contributed by atoms with Crippen LogP contribution in [0.2, 0.25) is 0 Å². The molecule has 2 heterocycles. The number of nitrogens with one attached hydrogen (secondary N) is 2. The molecule has 5 heteroatoms. The van der Waals surface area contributed by atoms with Crippen molar-refractivity contribution in [1.82, 2.24) is 9.97 Å². The van der Waals surface area contributed by atoms with E-state index in [1.165, 1.54) is 11.6 Å². The highest BCUT2D eigenvalue weighted by molar-refractivity contribution is 5.64. The van der Waals surface area contributed by atoms with Crippen molar-refractivity contribution in [3.05, 3.63) is 46.0 Å². The first-order chi connectivity index (χ1) is 9.22. The van der Waals surface area contributed by atoms with E-state index < -0.39 is 0 Å². The van der Waals surface area contributed by atoms with E-state index in [-0.39, 0.29) is 5.56 Å². The molecule has 1 aliphatic heterocycles. The van der Waals surface area contributed by atoms with Crippen LogP contribution in [0.3, 0.4) is 0 Å². The molecule has 0 radical (unpaired) electrons. The Balaban J connectivity index is 1.97. The maximum atomic E-state index is 11.4. The van der Waals surface area contributed by atoms with E-state index in [0.717, 1.165) is 30.8 Å². The van der Waals surface area contributed by atoms with Gasteiger partial charge in [-0.2, -0.15) is 0 Å². The van der Waals surface area contributed by atoms with Gasteiger partial charge in [0.05, 0.1) is 11.8 Å². The van der Waals surface area contributed by atoms with Crippen molar-refractivity contribution in [3.8, 4) is 11.6 Å². The lowest BCUT2D eigenvalue weighted by atomic mass is 10.0. The van der Waals surface area contributed by atoms with E-state index in [0.29, 0.717) is 11.7 Å². The Bertz CT molecular complexity index is 664. The van der Waals surface area contributed by atoms with Gasteiger partial charge in [0.2, 0.25) is 5.88 Å². The van der Waals surface area contributed by atoms with Crippen LogP contribution >= 0.6 is 0 Å². The molecule has 3 rings (SSSR count). The molecule has 0 atom stereocenters. The van der Waals surface area contributed by atoms with E-state index in [4.69, 9.17) is 4.74 Å². The molecule has 0 spiro atoms. The first-order valence-electron chi connectivity index (χ1n) is 6.34. The molecule has 0 bridgehead atoms. The van der Waals surface area contributed by atoms with Crippen LogP contribution in [0.4, 0.5) is 5.69 Å². The molecule has 0 amide bonds. The number of fused-ring (bicyclic) bond motifs is 1. The fraction of sp³-hybridized carbons (Fsp3) is 0.286. The van der Waals surface area contributed by atoms with Gasteiger partial charge in [-0.1, -0.05) is 12.1 Å². The van der Waals surface area contributed by atoms with E-state index in [9.17, 15) is 4.79 Å². The van der Waals surface area contributed by atoms with Crippen molar-refractivity contribution < 1.29 is 4.74 Å². The minimum Gasteiger partial charge on any atom is -0.437 e. The molecule has 0 saturated carbocycles. The van der Waals surface area contributed by atoms with Crippen molar-refractivity contribution in [1.29, 1.82) is 0 Å². The lowest BCUT2D eigenvalue weighted by Gasteiger charge is -2.20. The molecule has 19 heavy (non-hydrogen) atoms. The van der Waals surface area contributed by atoms with E-state index in [1.54, 1.807) is 6.92 Å². The quantitative estimate of drug-likeness (QED) is 0.865. The first-order valence-corrected chi connectivity index (χ1v) is 6.34. The third kappa shape index (κ3) is 2.45. The number of benzene rings is 1. The number of rotatable bonds is 2. The largest absolute Gasteiger partial charge is 0.437 e. The van der Waals surface area contributed by atoms with Crippen LogP contribution in [0.25, 0.3) is 0 Å². The SMILES string of the molecule is Cc1nc(Oc2cccc3c2NCCC3)cc(=O)[nH]1. The fourth-order valence-electron chi connectivity index (χ4n) is 2.28. The molecule has 0 saturated heterocycles. The molecule has 0 unspecified atom stereocenters. The van der Waals surface area contributed by atoms with Gasteiger partial charge in [0.15, 0.2) is 5.75 Å². The second-order valence-corrected chi connectivity index (χ2v) is 4.59. The molecule has 1 aliphatic rings. The smallest absolute Gasteiger partial charge is 0.254 e. The maximum Gasteiger partial charge on any atom is 0.254 e. The third-order valence-corrected chi connectivity index (χ3v) is 3.09. The van der Waals surface area contributed by atoms with Crippen molar-refractivity contribution in [2.75, 3.05) is 11.9 Å². The molecular weight excluding hydrogens is 242 g/mol. The molecule has 0 fully saturated rings. The normalized spacial score (nSPS) is 13.5. The summed E-state index contributed by atoms with van der Waals surface area (Å²) in [6.45, 7) is 2.67. The lowest BCUT2D eigenvalue weighted by molar-refractivity contribution is 0.459. The van der Waals surface area contributed by atoms with Gasteiger partial charge in [0.25, 0.3) is 5.56 Å². The highest BCUT2D eigenvalue weighted by Gasteiger charge is 2.14. The van der Waals surface area contributed by atoms with Gasteiger partial charge in [-0.15, -0.1) is 0 Å². The summed E-state index contributed by atoms with van der Waals surface area (Å²) < 4.78 is 5.74. The van der Waals surface area contributed by atoms with Crippen molar-refractivity contribution in [2.24, 2.45) is 0 Å². The number of aromatic nitrogens is 2. The summed E-state index contributed by atoms with van der Waals surface area (Å²) in [6, 6.07) is 7.29. The zero-order valence-electron chi connectivity index (χ0n) is 10.7. The van der Waals surface area contributed by atoms with Crippen LogP contribution < -0.4 is 15.6 Å². The topological polar surface area (TPSA) is 67.0 Å². The van der Waals surface area contributed by atoms with Gasteiger partial charge in [0.1, 0.15) is 5.82 Å². The molecule has 98 valence electrons. The summed E-state index contributed by atoms with van der Waals surface area (Å²) in [4.78, 5) is 18.2. The zero-order valence-corrected chi connectivity index (χ0v) is 10.7. The zero-order chi connectivity index (χ0) is 13.2. The summed E-state index contributed by atoms with van der Waals surface area (Å²) in [5.41, 5.74) is 2.04. The van der Waals surface area contributed by atoms with Crippen molar-refractivity contribution in [2.45, 2.75) is 19.8 Å². The van der Waals surface area contributed by atoms with Gasteiger partial charge in [0, 0.05) is 6.54 Å². The second-order valence-electron chi connectivity index (χ2n) is 4.59. The van der Waals surface area contributed by atoms with Crippen LogP contribution in [0.1, 0.15) is 17.8 Å². The number of aryl methyl sites for hydroxylation is 2. The van der Waals surface area contributed by atoms with Crippen LogP contribution in [0.15, 0.2) is 29.1 Å². The van der Waals surface area contributed by atoms with Crippen molar-refractivity contribution in [3.63, 3.8) is 0 Å². The van der Waals surface area contributed by atoms with Gasteiger partial charge >= 0.3 is 0 Å². The van der Waals surface area contributed by atoms with Crippen LogP contribution in [0, 0.1) is 6.92 Å². The number of aromatic amines is 1. The number of ether oxygens (including phenoxy) is 1. The average Bonchev–Trinajstić information content (AvgIpc) is 2.38. The molecule has 2 N–H and O–H groups in total. The number of nitrogens with zero attached hydrogens (tertiary/aromatic N) is 1. The van der Waals surface area contributed by atoms with E-state index >= 15 is 0 Å². The highest BCUT2D eigenvalue weighted by atomic mass is 16.5. The number of hydrogen-bond donors (Lipinski definition) is 2. The number of para-hydroxylation sites is 1. The monoisotopic (exact) mass is 257 g/mol. The fourth-order valence-corrected chi connectivity index (χ4v) is 2.28. The predicted molar refractivity (Wildman–Crippen MR) is 72.9 cm³/mol. The third-order valence-electron chi connectivity index (χ3n) is 3.09. The molecule has 0 aliphatic carbocycles. The average molecular weight is 257 g/mol. The van der Waals surface area contributed by atoms with Gasteiger partial charge in [-0.3, -0.25) is 4.79 Å². The van der Waals surface area contributed by atoms with E-state index in [1.807, 2.05) is 12.1 Å². The summed E-state index contributed by atoms with van der Waals surface area (Å²) in [6.07, 6.45) is 2.17. The maximum absolute atomic E-state index is 11.4. The van der Waals surface area contributed by atoms with Crippen LogP contribution in [-0.2, 0) is 6.42 Å². The van der Waals surface area contributed by atoms with Crippen LogP contribution in [0.5, 0.6) is 11.6 Å². The standard InChI is InChI=1S/C14H15N3O2/c1-9-16-12(18)8-13(17-9)19-11-6-2-4-10-5-3-7-15-14(10)11/h2,4,6,8,15H,3,5,7H2,1H3,(H,16,17,18). The summed E-state index contributed by atoms with van der Waals surface area (Å²) >= 11 is 0. The Hall–Kier alpha value is -2.30. The van der Waals surface area contributed by atoms with Crippen molar-refractivity contribution >= 4 is 5.69 Å². The summed E-state index contributed by atoms with van der Waals surface area (Å²) in [5.74, 6) is 1.58. The Morgan fingerprint density at radius 3 is 3.11 bits per heavy atom. The second kappa shape index (κ2) is 4.76. The van der Waals surface area contributed by atoms with Gasteiger partial charge in [-0.25, -0.2) is 4.98 Å². The number of H-pyrrole nitrogens is 1. The number of hydrogen-bond acceptors (Lipinski definition) is 4. The summed E-state index contributed by atoms with van der Waals surface area (Å²) in [5, 5.41) is 3.34.